The maximum Gasteiger partial charge on any atom is 0.151 e. The maximum absolute atomic E-state index is 5.22. The van der Waals surface area contributed by atoms with Gasteiger partial charge in [-0.15, -0.1) is 0 Å². The lowest BCUT2D eigenvalue weighted by Gasteiger charge is -2.34. The Morgan fingerprint density at radius 2 is 1.64 bits per heavy atom. The van der Waals surface area contributed by atoms with E-state index in [9.17, 15) is 0 Å². The van der Waals surface area contributed by atoms with E-state index in [-0.39, 0.29) is 0 Å². The summed E-state index contributed by atoms with van der Waals surface area (Å²) in [6.07, 6.45) is 15.0. The molecule has 217 valence electrons. The molecular weight excluding hydrogens is 520 g/mol. The van der Waals surface area contributed by atoms with Gasteiger partial charge >= 0.3 is 0 Å². The largest absolute Gasteiger partial charge is 0.497 e. The van der Waals surface area contributed by atoms with Crippen LogP contribution in [-0.4, -0.2) is 84.9 Å². The molecule has 42 heavy (non-hydrogen) atoms. The Balaban J connectivity index is 0.966. The SMILES string of the molecule is COc1ccc(C=NCCCN2CCN(CCCNc3nc4ccccc4n4cc(C)c([C]5[CH][CH][CH][CH]5)c34)CC2)cc1. The van der Waals surface area contributed by atoms with Crippen LogP contribution < -0.4 is 10.1 Å². The number of hydrogen-bond donors (Lipinski definition) is 1. The molecule has 7 heteroatoms. The van der Waals surface area contributed by atoms with Crippen LogP contribution >= 0.6 is 0 Å². The third kappa shape index (κ3) is 6.63. The predicted molar refractivity (Wildman–Crippen MR) is 173 cm³/mol. The smallest absolute Gasteiger partial charge is 0.151 e. The molecule has 0 atom stereocenters. The summed E-state index contributed by atoms with van der Waals surface area (Å²) in [4.78, 5) is 14.9. The van der Waals surface area contributed by atoms with Crippen molar-refractivity contribution in [3.8, 4) is 5.75 Å². The lowest BCUT2D eigenvalue weighted by atomic mass is 9.95. The molecule has 0 unspecified atom stereocenters. The first kappa shape index (κ1) is 28.7. The molecule has 7 nitrogen and oxygen atoms in total. The molecule has 2 aliphatic rings. The highest BCUT2D eigenvalue weighted by Gasteiger charge is 2.26. The summed E-state index contributed by atoms with van der Waals surface area (Å²) < 4.78 is 7.53. The number of aryl methyl sites for hydroxylation is 1. The Kier molecular flexibility index (Phi) is 9.36. The van der Waals surface area contributed by atoms with E-state index in [4.69, 9.17) is 9.72 Å². The summed E-state index contributed by atoms with van der Waals surface area (Å²) in [5, 5.41) is 3.71. The first-order chi connectivity index (χ1) is 20.7. The van der Waals surface area contributed by atoms with E-state index in [0.717, 1.165) is 93.4 Å². The van der Waals surface area contributed by atoms with Crippen molar-refractivity contribution in [3.05, 3.63) is 103 Å². The van der Waals surface area contributed by atoms with Crippen molar-refractivity contribution in [2.24, 2.45) is 4.99 Å². The van der Waals surface area contributed by atoms with Gasteiger partial charge in [-0.1, -0.05) is 12.1 Å². The summed E-state index contributed by atoms with van der Waals surface area (Å²) in [6, 6.07) is 16.4. The molecule has 0 spiro atoms. The Bertz CT molecular complexity index is 1480. The molecule has 5 radical (unpaired) electrons. The lowest BCUT2D eigenvalue weighted by Crippen LogP contribution is -2.47. The molecular formula is C35H41N6O. The molecule has 1 aliphatic heterocycles. The van der Waals surface area contributed by atoms with Gasteiger partial charge < -0.3 is 24.3 Å². The molecule has 3 heterocycles. The molecule has 0 bridgehead atoms. The minimum Gasteiger partial charge on any atom is -0.497 e. The van der Waals surface area contributed by atoms with E-state index < -0.39 is 0 Å². The van der Waals surface area contributed by atoms with E-state index in [0.29, 0.717) is 0 Å². The first-order valence-corrected chi connectivity index (χ1v) is 15.1. The second-order valence-corrected chi connectivity index (χ2v) is 11.2. The van der Waals surface area contributed by atoms with Gasteiger partial charge in [-0.3, -0.25) is 4.99 Å². The molecule has 1 saturated carbocycles. The van der Waals surface area contributed by atoms with Gasteiger partial charge in [-0.25, -0.2) is 4.98 Å². The Morgan fingerprint density at radius 3 is 2.38 bits per heavy atom. The predicted octanol–water partition coefficient (Wildman–Crippen LogP) is 5.49. The van der Waals surface area contributed by atoms with Gasteiger partial charge in [-0.05, 0) is 112 Å². The van der Waals surface area contributed by atoms with Crippen LogP contribution in [0.1, 0.15) is 29.5 Å². The van der Waals surface area contributed by atoms with Gasteiger partial charge in [-0.2, -0.15) is 0 Å². The normalized spacial score (nSPS) is 17.2. The molecule has 2 aromatic carbocycles. The molecule has 1 saturated heterocycles. The van der Waals surface area contributed by atoms with Crippen LogP contribution in [0.2, 0.25) is 0 Å². The van der Waals surface area contributed by atoms with Crippen LogP contribution in [0.15, 0.2) is 59.7 Å². The minimum atomic E-state index is 0.864. The zero-order chi connectivity index (χ0) is 28.7. The Hall–Kier alpha value is -3.42. The van der Waals surface area contributed by atoms with Crippen molar-refractivity contribution < 1.29 is 4.74 Å². The topological polar surface area (TPSA) is 57.4 Å². The summed E-state index contributed by atoms with van der Waals surface area (Å²) in [5.41, 5.74) is 6.97. The van der Waals surface area contributed by atoms with Crippen molar-refractivity contribution in [2.45, 2.75) is 19.8 Å². The second-order valence-electron chi connectivity index (χ2n) is 11.2. The molecule has 6 rings (SSSR count). The number of ether oxygens (including phenoxy) is 1. The number of nitrogens with zero attached hydrogens (tertiary/aromatic N) is 5. The number of fused-ring (bicyclic) bond motifs is 3. The Morgan fingerprint density at radius 1 is 0.929 bits per heavy atom. The zero-order valence-electron chi connectivity index (χ0n) is 24.8. The maximum atomic E-state index is 5.22. The number of benzene rings is 2. The Labute approximate surface area is 250 Å². The van der Waals surface area contributed by atoms with E-state index >= 15 is 0 Å². The molecule has 2 fully saturated rings. The molecule has 1 aliphatic carbocycles. The number of piperazine rings is 1. The number of methoxy groups -OCH3 is 1. The van der Waals surface area contributed by atoms with Gasteiger partial charge in [0.2, 0.25) is 0 Å². The van der Waals surface area contributed by atoms with Crippen LogP contribution in [-0.2, 0) is 0 Å². The van der Waals surface area contributed by atoms with Crippen LogP contribution in [0, 0.1) is 38.5 Å². The lowest BCUT2D eigenvalue weighted by molar-refractivity contribution is 0.132. The van der Waals surface area contributed by atoms with Crippen molar-refractivity contribution in [1.82, 2.24) is 19.2 Å². The van der Waals surface area contributed by atoms with Gasteiger partial charge in [0.25, 0.3) is 0 Å². The zero-order valence-corrected chi connectivity index (χ0v) is 24.8. The molecule has 1 N–H and O–H groups in total. The van der Waals surface area contributed by atoms with Crippen molar-refractivity contribution in [2.75, 3.05) is 64.8 Å². The number of para-hydroxylation sites is 2. The average molecular weight is 562 g/mol. The van der Waals surface area contributed by atoms with E-state index in [1.807, 2.05) is 30.5 Å². The summed E-state index contributed by atoms with van der Waals surface area (Å²) in [6.45, 7) is 10.7. The number of aliphatic imine (C=N–C) groups is 1. The summed E-state index contributed by atoms with van der Waals surface area (Å²) in [7, 11) is 1.69. The number of hydrogen-bond acceptors (Lipinski definition) is 6. The first-order valence-electron chi connectivity index (χ1n) is 15.1. The third-order valence-corrected chi connectivity index (χ3v) is 8.27. The van der Waals surface area contributed by atoms with Gasteiger partial charge in [0.15, 0.2) is 5.82 Å². The fourth-order valence-corrected chi connectivity index (χ4v) is 6.01. The van der Waals surface area contributed by atoms with Crippen molar-refractivity contribution in [1.29, 1.82) is 0 Å². The number of rotatable bonds is 12. The number of nitrogens with one attached hydrogen (secondary N) is 1. The van der Waals surface area contributed by atoms with E-state index in [1.165, 1.54) is 22.6 Å². The highest BCUT2D eigenvalue weighted by Crippen LogP contribution is 2.39. The summed E-state index contributed by atoms with van der Waals surface area (Å²) in [5.74, 6) is 3.09. The van der Waals surface area contributed by atoms with Gasteiger partial charge in [0, 0.05) is 57.6 Å². The van der Waals surface area contributed by atoms with Crippen LogP contribution in [0.5, 0.6) is 5.75 Å². The summed E-state index contributed by atoms with van der Waals surface area (Å²) >= 11 is 0. The highest BCUT2D eigenvalue weighted by molar-refractivity contribution is 5.89. The van der Waals surface area contributed by atoms with E-state index in [1.54, 1.807) is 7.11 Å². The fraction of sp³-hybridized carbons (Fsp3) is 0.343. The van der Waals surface area contributed by atoms with Crippen LogP contribution in [0.4, 0.5) is 5.82 Å². The van der Waals surface area contributed by atoms with Gasteiger partial charge in [0.1, 0.15) is 5.75 Å². The van der Waals surface area contributed by atoms with E-state index in [2.05, 4.69) is 87.6 Å². The molecule has 4 aromatic rings. The van der Waals surface area contributed by atoms with Crippen LogP contribution in [0.25, 0.3) is 16.6 Å². The average Bonchev–Trinajstić information content (AvgIpc) is 3.68. The fourth-order valence-electron chi connectivity index (χ4n) is 6.01. The van der Waals surface area contributed by atoms with Crippen LogP contribution in [0.3, 0.4) is 0 Å². The molecule has 2 aromatic heterocycles. The number of aromatic nitrogens is 2. The second kappa shape index (κ2) is 13.7. The monoisotopic (exact) mass is 561 g/mol. The number of anilines is 1. The van der Waals surface area contributed by atoms with Gasteiger partial charge in [0.05, 0.1) is 23.7 Å². The van der Waals surface area contributed by atoms with Crippen molar-refractivity contribution >= 4 is 28.6 Å². The molecule has 0 amide bonds. The standard InChI is InChI=1S/C35H41N6O/c1-27-26-41-32-12-6-5-11-31(32)38-35(34(41)33(27)29-9-3-4-10-29)37-18-8-20-40-23-21-39(22-24-40)19-7-17-36-25-28-13-15-30(42-2)16-14-28/h3-6,9-16,25-26H,7-8,17-24H2,1-2H3,(H,37,38). The quantitative estimate of drug-likeness (QED) is 0.183. The third-order valence-electron chi connectivity index (χ3n) is 8.27. The highest BCUT2D eigenvalue weighted by atomic mass is 16.5. The minimum absolute atomic E-state index is 0.864. The van der Waals surface area contributed by atoms with Crippen molar-refractivity contribution in [3.63, 3.8) is 0 Å².